The van der Waals surface area contributed by atoms with Gasteiger partial charge >= 0.3 is 0 Å². The van der Waals surface area contributed by atoms with Crippen molar-refractivity contribution in [1.29, 1.82) is 0 Å². The normalized spacial score (nSPS) is 11.1. The lowest BCUT2D eigenvalue weighted by Crippen LogP contribution is -2.00. The maximum Gasteiger partial charge on any atom is 0.0497 e. The number of hydrogen-bond acceptors (Lipinski definition) is 1. The molecule has 3 rings (SSSR count). The average molecular weight is 285 g/mol. The molecule has 0 fully saturated rings. The van der Waals surface area contributed by atoms with Gasteiger partial charge in [-0.25, -0.2) is 0 Å². The molecule has 3 N–H and O–H groups in total. The van der Waals surface area contributed by atoms with Gasteiger partial charge in [-0.2, -0.15) is 0 Å². The number of aromatic amines is 1. The number of aromatic nitrogens is 1. The fraction of sp³-hybridized carbons (Fsp3) is 0.176. The second kappa shape index (κ2) is 5.70. The van der Waals surface area contributed by atoms with E-state index in [2.05, 4.69) is 41.4 Å². The fourth-order valence-electron chi connectivity index (χ4n) is 2.60. The molecule has 1 aromatic heterocycles. The number of aryl methyl sites for hydroxylation is 1. The monoisotopic (exact) mass is 284 g/mol. The van der Waals surface area contributed by atoms with Crippen LogP contribution in [0.4, 0.5) is 0 Å². The zero-order valence-electron chi connectivity index (χ0n) is 11.2. The maximum absolute atomic E-state index is 5.97. The molecule has 102 valence electrons. The lowest BCUT2D eigenvalue weighted by molar-refractivity contribution is 0.838. The van der Waals surface area contributed by atoms with Gasteiger partial charge in [-0.3, -0.25) is 0 Å². The van der Waals surface area contributed by atoms with Crippen molar-refractivity contribution < 1.29 is 0 Å². The van der Waals surface area contributed by atoms with Gasteiger partial charge in [0, 0.05) is 21.6 Å². The van der Waals surface area contributed by atoms with Crippen LogP contribution >= 0.6 is 11.6 Å². The summed E-state index contributed by atoms with van der Waals surface area (Å²) in [6.07, 6.45) is 1.97. The third-order valence-corrected chi connectivity index (χ3v) is 3.83. The molecule has 3 heteroatoms. The highest BCUT2D eigenvalue weighted by molar-refractivity contribution is 6.30. The van der Waals surface area contributed by atoms with Crippen molar-refractivity contribution in [3.05, 3.63) is 59.1 Å². The van der Waals surface area contributed by atoms with E-state index in [1.54, 1.807) is 0 Å². The Morgan fingerprint density at radius 1 is 1.00 bits per heavy atom. The van der Waals surface area contributed by atoms with E-state index in [-0.39, 0.29) is 0 Å². The Bertz CT molecular complexity index is 713. The van der Waals surface area contributed by atoms with E-state index in [9.17, 15) is 0 Å². The van der Waals surface area contributed by atoms with E-state index in [0.717, 1.165) is 23.4 Å². The predicted octanol–water partition coefficient (Wildman–Crippen LogP) is 4.38. The maximum atomic E-state index is 5.97. The lowest BCUT2D eigenvalue weighted by Gasteiger charge is -2.05. The summed E-state index contributed by atoms with van der Waals surface area (Å²) in [6.45, 7) is 0.708. The molecule has 0 bridgehead atoms. The zero-order valence-corrected chi connectivity index (χ0v) is 12.0. The summed E-state index contributed by atoms with van der Waals surface area (Å²) in [5, 5.41) is 2.04. The molecule has 2 nitrogen and oxygen atoms in total. The number of H-pyrrole nitrogens is 1. The minimum absolute atomic E-state index is 0.708. The highest BCUT2D eigenvalue weighted by Crippen LogP contribution is 2.31. The molecule has 0 amide bonds. The van der Waals surface area contributed by atoms with Crippen molar-refractivity contribution in [3.63, 3.8) is 0 Å². The van der Waals surface area contributed by atoms with Crippen LogP contribution in [0, 0.1) is 0 Å². The smallest absolute Gasteiger partial charge is 0.0497 e. The van der Waals surface area contributed by atoms with E-state index in [1.807, 2.05) is 12.1 Å². The van der Waals surface area contributed by atoms with Gasteiger partial charge in [-0.15, -0.1) is 0 Å². The third-order valence-electron chi connectivity index (χ3n) is 3.58. The molecule has 0 aliphatic rings. The Kier molecular flexibility index (Phi) is 3.77. The van der Waals surface area contributed by atoms with Crippen LogP contribution in [0.25, 0.3) is 22.2 Å². The summed E-state index contributed by atoms with van der Waals surface area (Å²) in [7, 11) is 0. The van der Waals surface area contributed by atoms with Gasteiger partial charge in [-0.1, -0.05) is 41.9 Å². The third kappa shape index (κ3) is 2.45. The SMILES string of the molecule is NCCCc1c(-c2ccc(Cl)cc2)[nH]c2ccccc12. The first-order chi connectivity index (χ1) is 9.79. The van der Waals surface area contributed by atoms with Gasteiger partial charge in [0.2, 0.25) is 0 Å². The van der Waals surface area contributed by atoms with Crippen molar-refractivity contribution in [3.8, 4) is 11.3 Å². The van der Waals surface area contributed by atoms with Gasteiger partial charge in [0.05, 0.1) is 0 Å². The van der Waals surface area contributed by atoms with Gasteiger partial charge in [0.15, 0.2) is 0 Å². The molecule has 0 spiro atoms. The van der Waals surface area contributed by atoms with Gasteiger partial charge in [0.1, 0.15) is 0 Å². The zero-order chi connectivity index (χ0) is 13.9. The highest BCUT2D eigenvalue weighted by atomic mass is 35.5. The molecule has 3 aromatic rings. The van der Waals surface area contributed by atoms with Crippen LogP contribution in [-0.2, 0) is 6.42 Å². The number of nitrogens with one attached hydrogen (secondary N) is 1. The molecule has 0 aliphatic carbocycles. The number of para-hydroxylation sites is 1. The van der Waals surface area contributed by atoms with Crippen LogP contribution in [0.3, 0.4) is 0 Å². The minimum atomic E-state index is 0.708. The molecule has 20 heavy (non-hydrogen) atoms. The molecule has 0 saturated carbocycles. The number of rotatable bonds is 4. The Hall–Kier alpha value is -1.77. The number of hydrogen-bond donors (Lipinski definition) is 2. The second-order valence-corrected chi connectivity index (χ2v) is 5.36. The standard InChI is InChI=1S/C17H17ClN2/c18-13-9-7-12(8-10-13)17-15(5-3-11-19)14-4-1-2-6-16(14)20-17/h1-2,4,6-10,20H,3,5,11,19H2. The Morgan fingerprint density at radius 2 is 1.75 bits per heavy atom. The number of nitrogens with two attached hydrogens (primary N) is 1. The van der Waals surface area contributed by atoms with Crippen LogP contribution in [0.2, 0.25) is 5.02 Å². The lowest BCUT2D eigenvalue weighted by atomic mass is 10.0. The molecule has 0 atom stereocenters. The average Bonchev–Trinajstić information content (AvgIpc) is 2.84. The second-order valence-electron chi connectivity index (χ2n) is 4.92. The van der Waals surface area contributed by atoms with Crippen LogP contribution in [0.15, 0.2) is 48.5 Å². The first kappa shape index (κ1) is 13.2. The molecule has 0 saturated heterocycles. The Morgan fingerprint density at radius 3 is 2.50 bits per heavy atom. The molecule has 0 radical (unpaired) electrons. The number of fused-ring (bicyclic) bond motifs is 1. The van der Waals surface area contributed by atoms with Crippen LogP contribution in [0.5, 0.6) is 0 Å². The largest absolute Gasteiger partial charge is 0.354 e. The topological polar surface area (TPSA) is 41.8 Å². The van der Waals surface area contributed by atoms with E-state index in [4.69, 9.17) is 17.3 Å². The van der Waals surface area contributed by atoms with Gasteiger partial charge in [-0.05, 0) is 48.7 Å². The fourth-order valence-corrected chi connectivity index (χ4v) is 2.73. The van der Waals surface area contributed by atoms with E-state index >= 15 is 0 Å². The summed E-state index contributed by atoms with van der Waals surface area (Å²) in [6, 6.07) is 16.4. The van der Waals surface area contributed by atoms with Crippen LogP contribution in [-0.4, -0.2) is 11.5 Å². The summed E-state index contributed by atoms with van der Waals surface area (Å²) in [5.41, 5.74) is 10.5. The molecule has 1 heterocycles. The van der Waals surface area contributed by atoms with Gasteiger partial charge in [0.25, 0.3) is 0 Å². The number of benzene rings is 2. The Balaban J connectivity index is 2.15. The molecular formula is C17H17ClN2. The highest BCUT2D eigenvalue weighted by Gasteiger charge is 2.12. The first-order valence-corrected chi connectivity index (χ1v) is 7.23. The Labute approximate surface area is 123 Å². The number of halogens is 1. The molecule has 0 unspecified atom stereocenters. The van der Waals surface area contributed by atoms with Crippen LogP contribution < -0.4 is 5.73 Å². The summed E-state index contributed by atoms with van der Waals surface area (Å²) < 4.78 is 0. The molecular weight excluding hydrogens is 268 g/mol. The minimum Gasteiger partial charge on any atom is -0.354 e. The molecule has 0 aliphatic heterocycles. The van der Waals surface area contributed by atoms with Crippen molar-refractivity contribution >= 4 is 22.5 Å². The van der Waals surface area contributed by atoms with Gasteiger partial charge < -0.3 is 10.7 Å². The van der Waals surface area contributed by atoms with E-state index in [0.29, 0.717) is 6.54 Å². The first-order valence-electron chi connectivity index (χ1n) is 6.85. The van der Waals surface area contributed by atoms with Crippen LogP contribution in [0.1, 0.15) is 12.0 Å². The molecule has 2 aromatic carbocycles. The summed E-state index contributed by atoms with van der Waals surface area (Å²) in [5.74, 6) is 0. The predicted molar refractivity (Wildman–Crippen MR) is 86.1 cm³/mol. The van der Waals surface area contributed by atoms with Crippen molar-refractivity contribution in [1.82, 2.24) is 4.98 Å². The van der Waals surface area contributed by atoms with E-state index < -0.39 is 0 Å². The van der Waals surface area contributed by atoms with Crippen molar-refractivity contribution in [2.24, 2.45) is 5.73 Å². The quantitative estimate of drug-likeness (QED) is 0.733. The summed E-state index contributed by atoms with van der Waals surface area (Å²) >= 11 is 5.97. The summed E-state index contributed by atoms with van der Waals surface area (Å²) in [4.78, 5) is 3.52. The van der Waals surface area contributed by atoms with Crippen molar-refractivity contribution in [2.75, 3.05) is 6.54 Å². The van der Waals surface area contributed by atoms with Crippen molar-refractivity contribution in [2.45, 2.75) is 12.8 Å². The van der Waals surface area contributed by atoms with E-state index in [1.165, 1.54) is 22.2 Å².